The Hall–Kier alpha value is -0.450. The van der Waals surface area contributed by atoms with Gasteiger partial charge in [0.25, 0.3) is 0 Å². The Balaban J connectivity index is 1.43. The summed E-state index contributed by atoms with van der Waals surface area (Å²) in [5.41, 5.74) is 1.13. The highest BCUT2D eigenvalue weighted by Crippen LogP contribution is 2.23. The third-order valence-electron chi connectivity index (χ3n) is 4.55. The fourth-order valence-corrected chi connectivity index (χ4v) is 4.65. The lowest BCUT2D eigenvalue weighted by atomic mass is 10.2. The Morgan fingerprint density at radius 3 is 2.83 bits per heavy atom. The monoisotopic (exact) mass is 449 g/mol. The summed E-state index contributed by atoms with van der Waals surface area (Å²) in [4.78, 5) is 20.4. The second kappa shape index (κ2) is 8.09. The lowest BCUT2D eigenvalue weighted by molar-refractivity contribution is -0.130. The van der Waals surface area contributed by atoms with Crippen molar-refractivity contribution in [2.24, 2.45) is 0 Å². The Kier molecular flexibility index (Phi) is 6.11. The molecule has 1 amide bonds. The maximum absolute atomic E-state index is 11.4. The number of thiazole rings is 1. The molecule has 2 aliphatic rings. The summed E-state index contributed by atoms with van der Waals surface area (Å²) >= 11 is 4.12. The molecule has 3 rings (SSSR count). The van der Waals surface area contributed by atoms with Gasteiger partial charge in [-0.1, -0.05) is 0 Å². The molecule has 1 atom stereocenters. The van der Waals surface area contributed by atoms with E-state index in [1.165, 1.54) is 19.4 Å². The van der Waals surface area contributed by atoms with Crippen LogP contribution < -0.4 is 5.32 Å². The van der Waals surface area contributed by atoms with E-state index in [2.05, 4.69) is 41.6 Å². The van der Waals surface area contributed by atoms with Crippen molar-refractivity contribution in [1.29, 1.82) is 0 Å². The summed E-state index contributed by atoms with van der Waals surface area (Å²) in [6.07, 6.45) is 2.57. The van der Waals surface area contributed by atoms with Gasteiger partial charge in [0.2, 0.25) is 5.91 Å². The zero-order chi connectivity index (χ0) is 16.2. The highest BCUT2D eigenvalue weighted by Gasteiger charge is 2.22. The smallest absolute Gasteiger partial charge is 0.219 e. The van der Waals surface area contributed by atoms with Gasteiger partial charge in [0, 0.05) is 87.0 Å². The number of amides is 1. The van der Waals surface area contributed by atoms with Crippen LogP contribution in [0, 0.1) is 0 Å². The van der Waals surface area contributed by atoms with Crippen molar-refractivity contribution < 1.29 is 4.79 Å². The first kappa shape index (κ1) is 17.4. The Morgan fingerprint density at radius 1 is 1.39 bits per heavy atom. The molecule has 0 radical (unpaired) electrons. The molecule has 1 aromatic heterocycles. The van der Waals surface area contributed by atoms with E-state index in [0.29, 0.717) is 6.04 Å². The predicted molar refractivity (Wildman–Crippen MR) is 102 cm³/mol. The number of carbonyl (C=O) groups excluding carboxylic acids is 1. The van der Waals surface area contributed by atoms with Crippen molar-refractivity contribution in [2.75, 3.05) is 44.6 Å². The molecule has 8 heteroatoms. The minimum Gasteiger partial charge on any atom is -0.360 e. The van der Waals surface area contributed by atoms with Crippen molar-refractivity contribution in [3.8, 4) is 0 Å². The molecule has 0 spiro atoms. The first-order chi connectivity index (χ1) is 11.1. The standard InChI is InChI=1S/C15H24IN5OS/c1-12(22)20-7-5-19(6-8-20)10-13-11-23-15(18-13)17-9-14-3-2-4-21(14)16/h11,14H,2-10H2,1H3,(H,17,18)/t14-/m0/s1. The normalized spacial score (nSPS) is 23.4. The van der Waals surface area contributed by atoms with Crippen molar-refractivity contribution in [3.63, 3.8) is 0 Å². The largest absolute Gasteiger partial charge is 0.360 e. The summed E-state index contributed by atoms with van der Waals surface area (Å²) in [7, 11) is 0. The van der Waals surface area contributed by atoms with Gasteiger partial charge in [-0.05, 0) is 12.8 Å². The molecule has 3 heterocycles. The number of anilines is 1. The van der Waals surface area contributed by atoms with Gasteiger partial charge < -0.3 is 10.2 Å². The fourth-order valence-electron chi connectivity index (χ4n) is 3.12. The molecule has 2 saturated heterocycles. The number of carbonyl (C=O) groups is 1. The third kappa shape index (κ3) is 4.77. The van der Waals surface area contributed by atoms with Gasteiger partial charge in [0.05, 0.1) is 5.69 Å². The maximum Gasteiger partial charge on any atom is 0.219 e. The number of piperazine rings is 1. The molecule has 1 aromatic rings. The number of hydrogen-bond acceptors (Lipinski definition) is 6. The van der Waals surface area contributed by atoms with E-state index in [-0.39, 0.29) is 5.91 Å². The number of hydrogen-bond donors (Lipinski definition) is 1. The topological polar surface area (TPSA) is 51.7 Å². The molecule has 0 aromatic carbocycles. The lowest BCUT2D eigenvalue weighted by Crippen LogP contribution is -2.47. The van der Waals surface area contributed by atoms with Gasteiger partial charge in [-0.2, -0.15) is 0 Å². The van der Waals surface area contributed by atoms with Crippen LogP contribution in [0.4, 0.5) is 5.13 Å². The van der Waals surface area contributed by atoms with Crippen molar-refractivity contribution >= 4 is 45.2 Å². The fraction of sp³-hybridized carbons (Fsp3) is 0.733. The highest BCUT2D eigenvalue weighted by molar-refractivity contribution is 14.1. The number of nitrogens with zero attached hydrogens (tertiary/aromatic N) is 4. The maximum atomic E-state index is 11.4. The molecule has 0 bridgehead atoms. The van der Waals surface area contributed by atoms with Crippen LogP contribution in [0.3, 0.4) is 0 Å². The average molecular weight is 449 g/mol. The Morgan fingerprint density at radius 2 is 2.17 bits per heavy atom. The van der Waals surface area contributed by atoms with Crippen molar-refractivity contribution in [2.45, 2.75) is 32.4 Å². The van der Waals surface area contributed by atoms with E-state index < -0.39 is 0 Å². The summed E-state index contributed by atoms with van der Waals surface area (Å²) in [6.45, 7) is 8.24. The van der Waals surface area contributed by atoms with Crippen LogP contribution in [-0.4, -0.2) is 69.1 Å². The molecule has 1 N–H and O–H groups in total. The molecule has 2 aliphatic heterocycles. The van der Waals surface area contributed by atoms with Crippen LogP contribution in [0.25, 0.3) is 0 Å². The van der Waals surface area contributed by atoms with E-state index in [0.717, 1.165) is 50.1 Å². The molecule has 23 heavy (non-hydrogen) atoms. The molecule has 0 aliphatic carbocycles. The Labute approximate surface area is 155 Å². The van der Waals surface area contributed by atoms with Gasteiger partial charge in [0.1, 0.15) is 0 Å². The lowest BCUT2D eigenvalue weighted by Gasteiger charge is -2.33. The average Bonchev–Trinajstić information content (AvgIpc) is 3.15. The van der Waals surface area contributed by atoms with E-state index in [4.69, 9.17) is 4.98 Å². The minimum atomic E-state index is 0.181. The zero-order valence-electron chi connectivity index (χ0n) is 13.5. The summed E-state index contributed by atoms with van der Waals surface area (Å²) in [5, 5.41) is 6.66. The zero-order valence-corrected chi connectivity index (χ0v) is 16.5. The molecular formula is C15H24IN5OS. The second-order valence-electron chi connectivity index (χ2n) is 6.23. The van der Waals surface area contributed by atoms with Crippen LogP contribution in [0.2, 0.25) is 0 Å². The van der Waals surface area contributed by atoms with E-state index in [9.17, 15) is 4.79 Å². The predicted octanol–water partition coefficient (Wildman–Crippen LogP) is 2.03. The summed E-state index contributed by atoms with van der Waals surface area (Å²) < 4.78 is 2.40. The molecule has 2 fully saturated rings. The number of rotatable bonds is 5. The summed E-state index contributed by atoms with van der Waals surface area (Å²) in [5.74, 6) is 0.181. The second-order valence-corrected chi connectivity index (χ2v) is 8.32. The minimum absolute atomic E-state index is 0.181. The first-order valence-electron chi connectivity index (χ1n) is 8.20. The van der Waals surface area contributed by atoms with E-state index in [1.54, 1.807) is 18.3 Å². The van der Waals surface area contributed by atoms with Gasteiger partial charge in [-0.15, -0.1) is 11.3 Å². The molecule has 6 nitrogen and oxygen atoms in total. The SMILES string of the molecule is CC(=O)N1CCN(Cc2csc(NC[C@@H]3CCCN3I)n2)CC1. The molecule has 0 unspecified atom stereocenters. The van der Waals surface area contributed by atoms with Crippen LogP contribution in [0.1, 0.15) is 25.5 Å². The quantitative estimate of drug-likeness (QED) is 0.551. The van der Waals surface area contributed by atoms with Gasteiger partial charge >= 0.3 is 0 Å². The first-order valence-corrected chi connectivity index (χ1v) is 10.0. The number of halogens is 1. The van der Waals surface area contributed by atoms with Crippen LogP contribution in [0.15, 0.2) is 5.38 Å². The third-order valence-corrected chi connectivity index (χ3v) is 6.67. The van der Waals surface area contributed by atoms with Gasteiger partial charge in [-0.25, -0.2) is 8.10 Å². The van der Waals surface area contributed by atoms with Crippen LogP contribution >= 0.6 is 34.2 Å². The van der Waals surface area contributed by atoms with Crippen molar-refractivity contribution in [1.82, 2.24) is 17.9 Å². The molecule has 0 saturated carbocycles. The van der Waals surface area contributed by atoms with Crippen molar-refractivity contribution in [3.05, 3.63) is 11.1 Å². The Bertz CT molecular complexity index is 532. The van der Waals surface area contributed by atoms with Gasteiger partial charge in [0.15, 0.2) is 5.13 Å². The van der Waals surface area contributed by atoms with Crippen LogP contribution in [-0.2, 0) is 11.3 Å². The summed E-state index contributed by atoms with van der Waals surface area (Å²) in [6, 6.07) is 0.627. The number of aromatic nitrogens is 1. The number of nitrogens with one attached hydrogen (secondary N) is 1. The molecular weight excluding hydrogens is 425 g/mol. The van der Waals surface area contributed by atoms with Crippen LogP contribution in [0.5, 0.6) is 0 Å². The van der Waals surface area contributed by atoms with E-state index >= 15 is 0 Å². The molecule has 128 valence electrons. The highest BCUT2D eigenvalue weighted by atomic mass is 127. The van der Waals surface area contributed by atoms with Gasteiger partial charge in [-0.3, -0.25) is 9.69 Å². The van der Waals surface area contributed by atoms with E-state index in [1.807, 2.05) is 4.90 Å².